The number of aromatic nitrogens is 1. The van der Waals surface area contributed by atoms with Gasteiger partial charge in [0.1, 0.15) is 11.6 Å². The van der Waals surface area contributed by atoms with Crippen LogP contribution in [0.15, 0.2) is 53.5 Å². The van der Waals surface area contributed by atoms with Crippen LogP contribution in [-0.2, 0) is 6.18 Å². The van der Waals surface area contributed by atoms with Gasteiger partial charge in [-0.15, -0.1) is 0 Å². The molecule has 0 unspecified atom stereocenters. The molecule has 0 bridgehead atoms. The van der Waals surface area contributed by atoms with Gasteiger partial charge in [-0.2, -0.15) is 13.2 Å². The van der Waals surface area contributed by atoms with Crippen molar-refractivity contribution in [1.82, 2.24) is 4.98 Å². The molecule has 0 aliphatic heterocycles. The van der Waals surface area contributed by atoms with Gasteiger partial charge in [-0.05, 0) is 48.9 Å². The number of pyridine rings is 1. The third kappa shape index (κ3) is 5.23. The molecule has 0 fully saturated rings. The Kier molecular flexibility index (Phi) is 6.47. The van der Waals surface area contributed by atoms with Crippen LogP contribution < -0.4 is 20.9 Å². The van der Waals surface area contributed by atoms with Crippen molar-refractivity contribution in [3.63, 3.8) is 0 Å². The number of carbonyl (C=O) groups excluding carboxylic acids is 1. The molecule has 2 aromatic carbocycles. The second kappa shape index (κ2) is 9.08. The Bertz CT molecular complexity index is 1210. The van der Waals surface area contributed by atoms with Crippen molar-refractivity contribution in [2.45, 2.75) is 13.1 Å². The summed E-state index contributed by atoms with van der Waals surface area (Å²) in [4.78, 5) is 26.2. The second-order valence-electron chi connectivity index (χ2n) is 6.48. The van der Waals surface area contributed by atoms with Crippen LogP contribution >= 0.6 is 0 Å². The van der Waals surface area contributed by atoms with E-state index >= 15 is 0 Å². The van der Waals surface area contributed by atoms with Gasteiger partial charge in [-0.3, -0.25) is 4.79 Å². The normalized spacial score (nSPS) is 11.2. The average Bonchev–Trinajstić information content (AvgIpc) is 2.72. The first-order valence-electron chi connectivity index (χ1n) is 9.18. The number of nitrogens with one attached hydrogen (secondary N) is 3. The summed E-state index contributed by atoms with van der Waals surface area (Å²) < 4.78 is 71.8. The number of alkyl halides is 3. The minimum Gasteiger partial charge on any atom is -0.488 e. The predicted octanol–water partition coefficient (Wildman–Crippen LogP) is 5.38. The third-order valence-corrected chi connectivity index (χ3v) is 4.26. The van der Waals surface area contributed by atoms with E-state index in [-0.39, 0.29) is 18.0 Å². The highest BCUT2D eigenvalue weighted by Gasteiger charge is 2.31. The van der Waals surface area contributed by atoms with Crippen molar-refractivity contribution in [3.05, 3.63) is 76.2 Å². The van der Waals surface area contributed by atoms with Crippen molar-refractivity contribution in [2.75, 3.05) is 17.2 Å². The van der Waals surface area contributed by atoms with E-state index in [2.05, 4.69) is 10.3 Å². The number of hydrogen-bond acceptors (Lipinski definition) is 3. The average molecular weight is 453 g/mol. The molecule has 1 aromatic heterocycles. The summed E-state index contributed by atoms with van der Waals surface area (Å²) in [7, 11) is 0. The van der Waals surface area contributed by atoms with E-state index in [1.165, 1.54) is 24.4 Å². The lowest BCUT2D eigenvalue weighted by Crippen LogP contribution is -2.21. The molecular formula is C21H16F5N3O3. The fourth-order valence-corrected chi connectivity index (χ4v) is 2.76. The standard InChI is InChI=1S/C21H16F5N3O3/c1-2-32-18-8-12(10-27-19(18)30)11-3-6-16(15(23)7-11)28-20(31)29-17-9-13(21(24,25)26)4-5-14(17)22/h3-10H,2H2,1H3,(H,27,30)(H2,28,29,31). The molecule has 3 N–H and O–H groups in total. The largest absolute Gasteiger partial charge is 0.488 e. The van der Waals surface area contributed by atoms with Gasteiger partial charge in [-0.25, -0.2) is 13.6 Å². The lowest BCUT2D eigenvalue weighted by Gasteiger charge is -2.12. The highest BCUT2D eigenvalue weighted by molar-refractivity contribution is 6.00. The molecule has 11 heteroatoms. The third-order valence-electron chi connectivity index (χ3n) is 4.26. The smallest absolute Gasteiger partial charge is 0.416 e. The topological polar surface area (TPSA) is 83.2 Å². The van der Waals surface area contributed by atoms with Gasteiger partial charge >= 0.3 is 12.2 Å². The monoisotopic (exact) mass is 453 g/mol. The van der Waals surface area contributed by atoms with Crippen molar-refractivity contribution < 1.29 is 31.5 Å². The van der Waals surface area contributed by atoms with Gasteiger partial charge in [-0.1, -0.05) is 6.07 Å². The molecule has 3 rings (SSSR count). The van der Waals surface area contributed by atoms with Gasteiger partial charge < -0.3 is 20.4 Å². The Morgan fingerprint density at radius 2 is 1.69 bits per heavy atom. The van der Waals surface area contributed by atoms with Gasteiger partial charge in [0.2, 0.25) is 0 Å². The number of amides is 2. The molecule has 0 aliphatic carbocycles. The first-order chi connectivity index (χ1) is 15.1. The fourth-order valence-electron chi connectivity index (χ4n) is 2.76. The molecule has 2 amide bonds. The van der Waals surface area contributed by atoms with Crippen LogP contribution in [0, 0.1) is 11.6 Å². The van der Waals surface area contributed by atoms with Crippen molar-refractivity contribution >= 4 is 17.4 Å². The minimum atomic E-state index is -4.73. The van der Waals surface area contributed by atoms with E-state index in [4.69, 9.17) is 4.74 Å². The van der Waals surface area contributed by atoms with E-state index < -0.39 is 40.7 Å². The maximum atomic E-state index is 14.5. The summed E-state index contributed by atoms with van der Waals surface area (Å²) in [5, 5.41) is 4.03. The molecule has 0 radical (unpaired) electrons. The molecule has 0 saturated carbocycles. The SMILES string of the molecule is CCOc1cc(-c2ccc(NC(=O)Nc3cc(C(F)(F)F)ccc3F)c(F)c2)c[nH]c1=O. The number of ether oxygens (including phenoxy) is 1. The summed E-state index contributed by atoms with van der Waals surface area (Å²) in [6.45, 7) is 1.95. The molecule has 1 heterocycles. The second-order valence-corrected chi connectivity index (χ2v) is 6.48. The molecular weight excluding hydrogens is 437 g/mol. The number of urea groups is 1. The molecule has 3 aromatic rings. The number of anilines is 2. The first kappa shape index (κ1) is 22.8. The van der Waals surface area contributed by atoms with Crippen molar-refractivity contribution in [3.8, 4) is 16.9 Å². The van der Waals surface area contributed by atoms with Crippen LogP contribution in [0.3, 0.4) is 0 Å². The highest BCUT2D eigenvalue weighted by atomic mass is 19.4. The molecule has 0 aliphatic rings. The number of rotatable bonds is 5. The van der Waals surface area contributed by atoms with Crippen LogP contribution in [-0.4, -0.2) is 17.6 Å². The molecule has 6 nitrogen and oxygen atoms in total. The summed E-state index contributed by atoms with van der Waals surface area (Å²) >= 11 is 0. The first-order valence-corrected chi connectivity index (χ1v) is 9.18. The number of halogens is 5. The Labute approximate surface area is 178 Å². The Morgan fingerprint density at radius 3 is 2.34 bits per heavy atom. The molecule has 0 atom stereocenters. The summed E-state index contributed by atoms with van der Waals surface area (Å²) in [6, 6.07) is 5.53. The molecule has 0 saturated heterocycles. The maximum absolute atomic E-state index is 14.5. The fraction of sp³-hybridized carbons (Fsp3) is 0.143. The lowest BCUT2D eigenvalue weighted by molar-refractivity contribution is -0.137. The number of benzene rings is 2. The zero-order valence-electron chi connectivity index (χ0n) is 16.4. The van der Waals surface area contributed by atoms with Gasteiger partial charge in [0.05, 0.1) is 23.5 Å². The van der Waals surface area contributed by atoms with Crippen LogP contribution in [0.1, 0.15) is 12.5 Å². The minimum absolute atomic E-state index is 0.0510. The van der Waals surface area contributed by atoms with Gasteiger partial charge in [0.25, 0.3) is 5.56 Å². The summed E-state index contributed by atoms with van der Waals surface area (Å²) in [5.74, 6) is -1.91. The van der Waals surface area contributed by atoms with Gasteiger partial charge in [0.15, 0.2) is 5.75 Å². The molecule has 0 spiro atoms. The van der Waals surface area contributed by atoms with Crippen molar-refractivity contribution in [1.29, 1.82) is 0 Å². The highest BCUT2D eigenvalue weighted by Crippen LogP contribution is 2.32. The Morgan fingerprint density at radius 1 is 0.969 bits per heavy atom. The Hall–Kier alpha value is -3.89. The number of carbonyl (C=O) groups is 1. The zero-order valence-corrected chi connectivity index (χ0v) is 16.4. The van der Waals surface area contributed by atoms with Gasteiger partial charge in [0, 0.05) is 11.8 Å². The van der Waals surface area contributed by atoms with Crippen molar-refractivity contribution in [2.24, 2.45) is 0 Å². The van der Waals surface area contributed by atoms with E-state index in [0.29, 0.717) is 29.3 Å². The quantitative estimate of drug-likeness (QED) is 0.454. The number of aromatic amines is 1. The predicted molar refractivity (Wildman–Crippen MR) is 108 cm³/mol. The maximum Gasteiger partial charge on any atom is 0.416 e. The molecule has 32 heavy (non-hydrogen) atoms. The van der Waals surface area contributed by atoms with Crippen LogP contribution in [0.25, 0.3) is 11.1 Å². The van der Waals surface area contributed by atoms with Crippen LogP contribution in [0.5, 0.6) is 5.75 Å². The summed E-state index contributed by atoms with van der Waals surface area (Å²) in [6.07, 6.45) is -3.37. The van der Waals surface area contributed by atoms with Crippen LogP contribution in [0.4, 0.5) is 38.1 Å². The zero-order chi connectivity index (χ0) is 23.5. The Balaban J connectivity index is 1.77. The van der Waals surface area contributed by atoms with E-state index in [1.807, 2.05) is 5.32 Å². The van der Waals surface area contributed by atoms with E-state index in [1.54, 1.807) is 6.92 Å². The molecule has 168 valence electrons. The lowest BCUT2D eigenvalue weighted by atomic mass is 10.1. The van der Waals surface area contributed by atoms with Crippen LogP contribution in [0.2, 0.25) is 0 Å². The number of H-pyrrole nitrogens is 1. The van der Waals surface area contributed by atoms with E-state index in [9.17, 15) is 31.5 Å². The van der Waals surface area contributed by atoms with E-state index in [0.717, 1.165) is 6.07 Å². The summed E-state index contributed by atoms with van der Waals surface area (Å²) in [5.41, 5.74) is -1.83. The number of hydrogen-bond donors (Lipinski definition) is 3.